The minimum absolute atomic E-state index is 0.539. The third kappa shape index (κ3) is 3.98. The fourth-order valence-electron chi connectivity index (χ4n) is 2.14. The molecule has 1 aromatic heterocycles. The lowest BCUT2D eigenvalue weighted by Gasteiger charge is -2.26. The molecule has 0 aliphatic carbocycles. The minimum atomic E-state index is 0.539. The van der Waals surface area contributed by atoms with Gasteiger partial charge in [0.2, 0.25) is 0 Å². The van der Waals surface area contributed by atoms with E-state index in [9.17, 15) is 0 Å². The lowest BCUT2D eigenvalue weighted by atomic mass is 10.1. The van der Waals surface area contributed by atoms with Crippen LogP contribution in [0.5, 0.6) is 0 Å². The van der Waals surface area contributed by atoms with Crippen molar-refractivity contribution >= 4 is 5.82 Å². The molecule has 1 heterocycles. The standard InChI is InChI=1S/C15H27N3/c1-6-8-12(3)18(5)15-10-13(11-16-4)9-14(7-2)17-15/h9-10,12,16H,6-8,11H2,1-5H3. The fourth-order valence-corrected chi connectivity index (χ4v) is 2.14. The highest BCUT2D eigenvalue weighted by atomic mass is 15.2. The molecule has 102 valence electrons. The first kappa shape index (κ1) is 15.0. The number of pyridine rings is 1. The van der Waals surface area contributed by atoms with Crippen molar-refractivity contribution in [1.82, 2.24) is 10.3 Å². The molecule has 0 aliphatic rings. The summed E-state index contributed by atoms with van der Waals surface area (Å²) in [7, 11) is 4.13. The summed E-state index contributed by atoms with van der Waals surface area (Å²) >= 11 is 0. The first-order valence-electron chi connectivity index (χ1n) is 6.99. The SMILES string of the molecule is CCCC(C)N(C)c1cc(CNC)cc(CC)n1. The van der Waals surface area contributed by atoms with Crippen molar-refractivity contribution in [1.29, 1.82) is 0 Å². The number of nitrogens with one attached hydrogen (secondary N) is 1. The van der Waals surface area contributed by atoms with Crippen LogP contribution in [0.3, 0.4) is 0 Å². The Hall–Kier alpha value is -1.09. The predicted molar refractivity (Wildman–Crippen MR) is 79.2 cm³/mol. The van der Waals surface area contributed by atoms with Gasteiger partial charge in [0.15, 0.2) is 0 Å². The summed E-state index contributed by atoms with van der Waals surface area (Å²) in [5, 5.41) is 3.21. The van der Waals surface area contributed by atoms with Crippen LogP contribution in [-0.2, 0) is 13.0 Å². The second kappa shape index (κ2) is 7.37. The Morgan fingerprint density at radius 1 is 1.33 bits per heavy atom. The summed E-state index contributed by atoms with van der Waals surface area (Å²) in [5.74, 6) is 1.10. The highest BCUT2D eigenvalue weighted by molar-refractivity contribution is 5.43. The molecule has 0 radical (unpaired) electrons. The smallest absolute Gasteiger partial charge is 0.129 e. The van der Waals surface area contributed by atoms with Gasteiger partial charge in [-0.05, 0) is 44.5 Å². The molecule has 0 amide bonds. The maximum Gasteiger partial charge on any atom is 0.129 e. The van der Waals surface area contributed by atoms with Crippen molar-refractivity contribution in [2.45, 2.75) is 52.6 Å². The van der Waals surface area contributed by atoms with Crippen molar-refractivity contribution in [2.24, 2.45) is 0 Å². The average molecular weight is 249 g/mol. The molecule has 3 nitrogen and oxygen atoms in total. The molecule has 1 aromatic rings. The molecule has 3 heteroatoms. The van der Waals surface area contributed by atoms with E-state index >= 15 is 0 Å². The fraction of sp³-hybridized carbons (Fsp3) is 0.667. The van der Waals surface area contributed by atoms with Gasteiger partial charge in [-0.1, -0.05) is 20.3 Å². The zero-order valence-electron chi connectivity index (χ0n) is 12.5. The molecule has 18 heavy (non-hydrogen) atoms. The molecule has 0 saturated heterocycles. The van der Waals surface area contributed by atoms with E-state index in [0.717, 1.165) is 18.8 Å². The van der Waals surface area contributed by atoms with Crippen LogP contribution in [-0.4, -0.2) is 25.1 Å². The quantitative estimate of drug-likeness (QED) is 0.805. The molecular weight excluding hydrogens is 222 g/mol. The molecule has 1 atom stereocenters. The van der Waals surface area contributed by atoms with Crippen molar-refractivity contribution < 1.29 is 0 Å². The van der Waals surface area contributed by atoms with Gasteiger partial charge in [-0.15, -0.1) is 0 Å². The van der Waals surface area contributed by atoms with Gasteiger partial charge in [0.1, 0.15) is 5.82 Å². The van der Waals surface area contributed by atoms with E-state index in [1.807, 2.05) is 7.05 Å². The Balaban J connectivity index is 2.95. The molecule has 0 spiro atoms. The first-order chi connectivity index (χ1) is 8.62. The molecule has 0 saturated carbocycles. The van der Waals surface area contributed by atoms with Crippen molar-refractivity contribution in [3.8, 4) is 0 Å². The van der Waals surface area contributed by atoms with Crippen LogP contribution in [0.15, 0.2) is 12.1 Å². The topological polar surface area (TPSA) is 28.2 Å². The lowest BCUT2D eigenvalue weighted by molar-refractivity contribution is 0.610. The van der Waals surface area contributed by atoms with E-state index in [2.05, 4.69) is 50.2 Å². The third-order valence-electron chi connectivity index (χ3n) is 3.40. The van der Waals surface area contributed by atoms with E-state index in [1.54, 1.807) is 0 Å². The zero-order chi connectivity index (χ0) is 13.5. The van der Waals surface area contributed by atoms with E-state index in [4.69, 9.17) is 4.98 Å². The highest BCUT2D eigenvalue weighted by Gasteiger charge is 2.12. The lowest BCUT2D eigenvalue weighted by Crippen LogP contribution is -2.29. The molecule has 0 bridgehead atoms. The van der Waals surface area contributed by atoms with Crippen LogP contribution < -0.4 is 10.2 Å². The van der Waals surface area contributed by atoms with Gasteiger partial charge < -0.3 is 10.2 Å². The summed E-state index contributed by atoms with van der Waals surface area (Å²) in [6, 6.07) is 4.93. The number of aryl methyl sites for hydroxylation is 1. The highest BCUT2D eigenvalue weighted by Crippen LogP contribution is 2.18. The van der Waals surface area contributed by atoms with Crippen LogP contribution in [0.25, 0.3) is 0 Å². The van der Waals surface area contributed by atoms with Gasteiger partial charge in [-0.2, -0.15) is 0 Å². The Kier molecular flexibility index (Phi) is 6.13. The van der Waals surface area contributed by atoms with Gasteiger partial charge in [0.05, 0.1) is 0 Å². The van der Waals surface area contributed by atoms with Crippen LogP contribution in [0.1, 0.15) is 44.9 Å². The molecule has 1 unspecified atom stereocenters. The first-order valence-corrected chi connectivity index (χ1v) is 6.99. The van der Waals surface area contributed by atoms with E-state index < -0.39 is 0 Å². The molecule has 0 fully saturated rings. The number of anilines is 1. The third-order valence-corrected chi connectivity index (χ3v) is 3.40. The normalized spacial score (nSPS) is 12.5. The number of rotatable bonds is 7. The summed E-state index contributed by atoms with van der Waals surface area (Å²) in [4.78, 5) is 7.03. The van der Waals surface area contributed by atoms with Crippen molar-refractivity contribution in [3.63, 3.8) is 0 Å². The Bertz CT molecular complexity index is 363. The molecule has 0 aromatic carbocycles. The Morgan fingerprint density at radius 2 is 2.06 bits per heavy atom. The van der Waals surface area contributed by atoms with Crippen molar-refractivity contribution in [2.75, 3.05) is 19.0 Å². The predicted octanol–water partition coefficient (Wildman–Crippen LogP) is 2.99. The number of nitrogens with zero attached hydrogens (tertiary/aromatic N) is 2. The maximum absolute atomic E-state index is 4.74. The Morgan fingerprint density at radius 3 is 2.61 bits per heavy atom. The van der Waals surface area contributed by atoms with Gasteiger partial charge in [0.25, 0.3) is 0 Å². The van der Waals surface area contributed by atoms with Gasteiger partial charge in [-0.3, -0.25) is 0 Å². The second-order valence-corrected chi connectivity index (χ2v) is 4.96. The van der Waals surface area contributed by atoms with E-state index in [1.165, 1.54) is 24.1 Å². The van der Waals surface area contributed by atoms with Crippen LogP contribution in [0.4, 0.5) is 5.82 Å². The molecular formula is C15H27N3. The molecule has 1 N–H and O–H groups in total. The number of aromatic nitrogens is 1. The molecule has 0 aliphatic heterocycles. The van der Waals surface area contributed by atoms with Crippen LogP contribution in [0, 0.1) is 0 Å². The maximum atomic E-state index is 4.74. The van der Waals surface area contributed by atoms with Crippen LogP contribution in [0.2, 0.25) is 0 Å². The minimum Gasteiger partial charge on any atom is -0.357 e. The Labute approximate surface area is 112 Å². The number of hydrogen-bond acceptors (Lipinski definition) is 3. The summed E-state index contributed by atoms with van der Waals surface area (Å²) in [6.45, 7) is 7.55. The average Bonchev–Trinajstić information content (AvgIpc) is 2.38. The van der Waals surface area contributed by atoms with Gasteiger partial charge >= 0.3 is 0 Å². The summed E-state index contributed by atoms with van der Waals surface area (Å²) in [5.41, 5.74) is 2.49. The monoisotopic (exact) mass is 249 g/mol. The van der Waals surface area contributed by atoms with Crippen molar-refractivity contribution in [3.05, 3.63) is 23.4 Å². The largest absolute Gasteiger partial charge is 0.357 e. The zero-order valence-corrected chi connectivity index (χ0v) is 12.5. The van der Waals surface area contributed by atoms with E-state index in [-0.39, 0.29) is 0 Å². The summed E-state index contributed by atoms with van der Waals surface area (Å²) in [6.07, 6.45) is 3.40. The van der Waals surface area contributed by atoms with Crippen LogP contribution >= 0.6 is 0 Å². The number of hydrogen-bond donors (Lipinski definition) is 1. The molecule has 1 rings (SSSR count). The summed E-state index contributed by atoms with van der Waals surface area (Å²) < 4.78 is 0. The van der Waals surface area contributed by atoms with Gasteiger partial charge in [-0.25, -0.2) is 4.98 Å². The van der Waals surface area contributed by atoms with E-state index in [0.29, 0.717) is 6.04 Å². The van der Waals surface area contributed by atoms with Gasteiger partial charge in [0, 0.05) is 25.3 Å². The second-order valence-electron chi connectivity index (χ2n) is 4.96.